The molecule has 0 bridgehead atoms. The highest BCUT2D eigenvalue weighted by atomic mass is 16.3. The molecule has 7 heteroatoms. The molecule has 1 aromatic carbocycles. The molecule has 0 atom stereocenters. The summed E-state index contributed by atoms with van der Waals surface area (Å²) in [5.74, 6) is 0. The van der Waals surface area contributed by atoms with E-state index in [9.17, 15) is 9.90 Å². The minimum absolute atomic E-state index is 0.0860. The summed E-state index contributed by atoms with van der Waals surface area (Å²) in [7, 11) is 0. The van der Waals surface area contributed by atoms with Crippen LogP contribution in [0, 0.1) is 0 Å². The Morgan fingerprint density at radius 1 is 1.18 bits per heavy atom. The predicted octanol–water partition coefficient (Wildman–Crippen LogP) is 1.94. The lowest BCUT2D eigenvalue weighted by Crippen LogP contribution is -2.51. The van der Waals surface area contributed by atoms with E-state index < -0.39 is 5.54 Å². The number of rotatable bonds is 6. The number of benzene rings is 1. The fourth-order valence-electron chi connectivity index (χ4n) is 2.12. The van der Waals surface area contributed by atoms with Crippen molar-refractivity contribution < 1.29 is 9.90 Å². The van der Waals surface area contributed by atoms with Crippen molar-refractivity contribution in [2.24, 2.45) is 0 Å². The topological polar surface area (TPSA) is 92.1 Å². The standard InChI is InChI=1S/C15H21N5O2/c1-3-15(4-2,11-21)19-14(22)18-12-5-7-13(8-6-12)20-16-9-10-17-20/h5-10,21H,3-4,11H2,1-2H3,(H2,18,19,22). The molecule has 2 amide bonds. The van der Waals surface area contributed by atoms with Gasteiger partial charge in [0.25, 0.3) is 0 Å². The largest absolute Gasteiger partial charge is 0.394 e. The Balaban J connectivity index is 2.00. The van der Waals surface area contributed by atoms with Crippen molar-refractivity contribution in [3.8, 4) is 5.69 Å². The number of carbonyl (C=O) groups excluding carboxylic acids is 1. The summed E-state index contributed by atoms with van der Waals surface area (Å²) in [5, 5.41) is 23.1. The predicted molar refractivity (Wildman–Crippen MR) is 83.9 cm³/mol. The first-order valence-electron chi connectivity index (χ1n) is 7.29. The molecule has 2 rings (SSSR count). The summed E-state index contributed by atoms with van der Waals surface area (Å²) in [4.78, 5) is 13.5. The molecule has 0 fully saturated rings. The number of carbonyl (C=O) groups is 1. The molecule has 0 saturated carbocycles. The van der Waals surface area contributed by atoms with E-state index in [2.05, 4.69) is 20.8 Å². The van der Waals surface area contributed by atoms with E-state index in [0.29, 0.717) is 18.5 Å². The van der Waals surface area contributed by atoms with Gasteiger partial charge in [0.1, 0.15) is 0 Å². The molecule has 0 radical (unpaired) electrons. The third-order valence-electron chi connectivity index (χ3n) is 3.81. The number of hydrogen-bond donors (Lipinski definition) is 3. The molecule has 22 heavy (non-hydrogen) atoms. The first kappa shape index (κ1) is 16.0. The van der Waals surface area contributed by atoms with Gasteiger partial charge >= 0.3 is 6.03 Å². The molecule has 7 nitrogen and oxygen atoms in total. The van der Waals surface area contributed by atoms with Crippen LogP contribution < -0.4 is 10.6 Å². The van der Waals surface area contributed by atoms with Crippen molar-refractivity contribution in [1.29, 1.82) is 0 Å². The van der Waals surface area contributed by atoms with Gasteiger partial charge in [0.2, 0.25) is 0 Å². The van der Waals surface area contributed by atoms with Crippen molar-refractivity contribution in [2.45, 2.75) is 32.2 Å². The highest BCUT2D eigenvalue weighted by Crippen LogP contribution is 2.15. The zero-order valence-corrected chi connectivity index (χ0v) is 12.8. The van der Waals surface area contributed by atoms with Gasteiger partial charge in [-0.3, -0.25) is 0 Å². The van der Waals surface area contributed by atoms with Crippen molar-refractivity contribution in [3.63, 3.8) is 0 Å². The van der Waals surface area contributed by atoms with E-state index in [4.69, 9.17) is 0 Å². The maximum Gasteiger partial charge on any atom is 0.319 e. The van der Waals surface area contributed by atoms with Crippen LogP contribution in [-0.2, 0) is 0 Å². The van der Waals surface area contributed by atoms with Gasteiger partial charge in [-0.1, -0.05) is 13.8 Å². The van der Waals surface area contributed by atoms with Gasteiger partial charge in [0, 0.05) is 5.69 Å². The van der Waals surface area contributed by atoms with Crippen LogP contribution in [0.1, 0.15) is 26.7 Å². The molecule has 0 spiro atoms. The number of anilines is 1. The molecular weight excluding hydrogens is 282 g/mol. The lowest BCUT2D eigenvalue weighted by atomic mass is 9.94. The average molecular weight is 303 g/mol. The molecule has 3 N–H and O–H groups in total. The zero-order chi connectivity index (χ0) is 16.0. The summed E-state index contributed by atoms with van der Waals surface area (Å²) in [5.41, 5.74) is 0.887. The molecule has 1 heterocycles. The van der Waals surface area contributed by atoms with Crippen LogP contribution in [-0.4, -0.2) is 38.3 Å². The van der Waals surface area contributed by atoms with Crippen molar-refractivity contribution in [2.75, 3.05) is 11.9 Å². The van der Waals surface area contributed by atoms with Crippen molar-refractivity contribution >= 4 is 11.7 Å². The van der Waals surface area contributed by atoms with Crippen molar-refractivity contribution in [3.05, 3.63) is 36.7 Å². The summed E-state index contributed by atoms with van der Waals surface area (Å²) >= 11 is 0. The van der Waals surface area contributed by atoms with E-state index in [-0.39, 0.29) is 12.6 Å². The number of aliphatic hydroxyl groups is 1. The molecule has 1 aromatic heterocycles. The van der Waals surface area contributed by atoms with Crippen LogP contribution in [0.2, 0.25) is 0 Å². The first-order valence-corrected chi connectivity index (χ1v) is 7.29. The molecule has 0 aliphatic carbocycles. The maximum atomic E-state index is 12.1. The Morgan fingerprint density at radius 2 is 1.77 bits per heavy atom. The number of aromatic nitrogens is 3. The lowest BCUT2D eigenvalue weighted by molar-refractivity contribution is 0.155. The lowest BCUT2D eigenvalue weighted by Gasteiger charge is -2.30. The smallest absolute Gasteiger partial charge is 0.319 e. The maximum absolute atomic E-state index is 12.1. The van der Waals surface area contributed by atoms with Gasteiger partial charge in [-0.2, -0.15) is 15.0 Å². The number of nitrogens with one attached hydrogen (secondary N) is 2. The zero-order valence-electron chi connectivity index (χ0n) is 12.8. The van der Waals surface area contributed by atoms with Gasteiger partial charge in [0.15, 0.2) is 0 Å². The minimum Gasteiger partial charge on any atom is -0.394 e. The average Bonchev–Trinajstić information content (AvgIpc) is 3.08. The molecule has 0 aliphatic rings. The Labute approximate surface area is 129 Å². The summed E-state index contributed by atoms with van der Waals surface area (Å²) in [6.45, 7) is 3.79. The highest BCUT2D eigenvalue weighted by Gasteiger charge is 2.27. The number of aliphatic hydroxyl groups excluding tert-OH is 1. The van der Waals surface area contributed by atoms with Gasteiger partial charge in [-0.25, -0.2) is 4.79 Å². The van der Waals surface area contributed by atoms with Gasteiger partial charge in [0.05, 0.1) is 30.2 Å². The second-order valence-corrected chi connectivity index (χ2v) is 5.09. The summed E-state index contributed by atoms with van der Waals surface area (Å²) < 4.78 is 0. The van der Waals surface area contributed by atoms with Crippen LogP contribution >= 0.6 is 0 Å². The Morgan fingerprint density at radius 3 is 2.27 bits per heavy atom. The van der Waals surface area contributed by atoms with Crippen LogP contribution in [0.15, 0.2) is 36.7 Å². The number of amides is 2. The number of hydrogen-bond acceptors (Lipinski definition) is 4. The molecular formula is C15H21N5O2. The quantitative estimate of drug-likeness (QED) is 0.760. The molecule has 118 valence electrons. The van der Waals surface area contributed by atoms with Crippen LogP contribution in [0.3, 0.4) is 0 Å². The third kappa shape index (κ3) is 3.62. The normalized spacial score (nSPS) is 11.2. The van der Waals surface area contributed by atoms with Gasteiger partial charge in [-0.05, 0) is 37.1 Å². The molecule has 0 unspecified atom stereocenters. The van der Waals surface area contributed by atoms with Gasteiger partial charge in [-0.15, -0.1) is 0 Å². The summed E-state index contributed by atoms with van der Waals surface area (Å²) in [6.07, 6.45) is 4.53. The minimum atomic E-state index is -0.580. The van der Waals surface area contributed by atoms with Gasteiger partial charge < -0.3 is 15.7 Å². The SMILES string of the molecule is CCC(CC)(CO)NC(=O)Nc1ccc(-n2nccn2)cc1. The fourth-order valence-corrected chi connectivity index (χ4v) is 2.12. The molecule has 2 aromatic rings. The Bertz CT molecular complexity index is 583. The molecule has 0 aliphatic heterocycles. The van der Waals surface area contributed by atoms with Crippen molar-refractivity contribution in [1.82, 2.24) is 20.3 Å². The van der Waals surface area contributed by atoms with Crippen LogP contribution in [0.5, 0.6) is 0 Å². The monoisotopic (exact) mass is 303 g/mol. The fraction of sp³-hybridized carbons (Fsp3) is 0.400. The first-order chi connectivity index (χ1) is 10.6. The highest BCUT2D eigenvalue weighted by molar-refractivity contribution is 5.89. The van der Waals surface area contributed by atoms with E-state index in [1.807, 2.05) is 26.0 Å². The van der Waals surface area contributed by atoms with Crippen LogP contribution in [0.25, 0.3) is 5.69 Å². The Kier molecular flexibility index (Phi) is 5.11. The second kappa shape index (κ2) is 7.04. The van der Waals surface area contributed by atoms with E-state index in [1.165, 1.54) is 4.80 Å². The Hall–Kier alpha value is -2.41. The van der Waals surface area contributed by atoms with Crippen LogP contribution in [0.4, 0.5) is 10.5 Å². The summed E-state index contributed by atoms with van der Waals surface area (Å²) in [6, 6.07) is 6.85. The van der Waals surface area contributed by atoms with E-state index in [1.54, 1.807) is 24.5 Å². The second-order valence-electron chi connectivity index (χ2n) is 5.09. The third-order valence-corrected chi connectivity index (χ3v) is 3.81. The van der Waals surface area contributed by atoms with E-state index >= 15 is 0 Å². The molecule has 0 saturated heterocycles. The number of nitrogens with zero attached hydrogens (tertiary/aromatic N) is 3. The van der Waals surface area contributed by atoms with E-state index in [0.717, 1.165) is 5.69 Å². The number of urea groups is 1.